The standard InChI is InChI=1S/C11H15N3O/c1-8-2-7-11(14-13-8)12-9-3-5-10(15)6-4-9/h2,7,9H,3-6H2,1H3,(H,12,14). The summed E-state index contributed by atoms with van der Waals surface area (Å²) in [5.74, 6) is 1.18. The lowest BCUT2D eigenvalue weighted by Crippen LogP contribution is -2.26. The van der Waals surface area contributed by atoms with E-state index in [0.717, 1.165) is 24.4 Å². The van der Waals surface area contributed by atoms with Gasteiger partial charge < -0.3 is 5.32 Å². The van der Waals surface area contributed by atoms with Crippen LogP contribution in [-0.2, 0) is 4.79 Å². The van der Waals surface area contributed by atoms with Crippen LogP contribution in [0.2, 0.25) is 0 Å². The molecule has 1 aliphatic rings. The molecule has 0 saturated heterocycles. The van der Waals surface area contributed by atoms with Crippen molar-refractivity contribution in [1.82, 2.24) is 10.2 Å². The molecule has 0 amide bonds. The van der Waals surface area contributed by atoms with Crippen LogP contribution in [0.4, 0.5) is 5.82 Å². The first-order chi connectivity index (χ1) is 7.24. The monoisotopic (exact) mass is 205 g/mol. The second-order valence-electron chi connectivity index (χ2n) is 4.02. The lowest BCUT2D eigenvalue weighted by atomic mass is 9.94. The number of ketones is 1. The number of hydrogen-bond donors (Lipinski definition) is 1. The van der Waals surface area contributed by atoms with E-state index in [-0.39, 0.29) is 0 Å². The van der Waals surface area contributed by atoms with Crippen molar-refractivity contribution in [3.05, 3.63) is 17.8 Å². The molecule has 0 atom stereocenters. The normalized spacial score (nSPS) is 17.8. The average molecular weight is 205 g/mol. The molecule has 2 rings (SSSR count). The summed E-state index contributed by atoms with van der Waals surface area (Å²) in [6.45, 7) is 1.91. The molecule has 1 heterocycles. The van der Waals surface area contributed by atoms with E-state index >= 15 is 0 Å². The lowest BCUT2D eigenvalue weighted by molar-refractivity contribution is -0.120. The van der Waals surface area contributed by atoms with E-state index in [0.29, 0.717) is 24.7 Å². The van der Waals surface area contributed by atoms with Crippen molar-refractivity contribution in [2.75, 3.05) is 5.32 Å². The van der Waals surface area contributed by atoms with Gasteiger partial charge in [-0.1, -0.05) is 0 Å². The van der Waals surface area contributed by atoms with Crippen LogP contribution in [0.15, 0.2) is 12.1 Å². The van der Waals surface area contributed by atoms with Gasteiger partial charge in [0.05, 0.1) is 5.69 Å². The Labute approximate surface area is 89.1 Å². The van der Waals surface area contributed by atoms with Gasteiger partial charge in [0.25, 0.3) is 0 Å². The Kier molecular flexibility index (Phi) is 2.94. The topological polar surface area (TPSA) is 54.9 Å². The predicted molar refractivity (Wildman–Crippen MR) is 57.7 cm³/mol. The zero-order chi connectivity index (χ0) is 10.7. The quantitative estimate of drug-likeness (QED) is 0.798. The fraction of sp³-hybridized carbons (Fsp3) is 0.545. The van der Waals surface area contributed by atoms with Crippen molar-refractivity contribution in [2.24, 2.45) is 0 Å². The van der Waals surface area contributed by atoms with Gasteiger partial charge in [-0.15, -0.1) is 5.10 Å². The molecule has 0 radical (unpaired) electrons. The third-order valence-corrected chi connectivity index (χ3v) is 2.69. The van der Waals surface area contributed by atoms with Crippen LogP contribution in [0.5, 0.6) is 0 Å². The molecular weight excluding hydrogens is 190 g/mol. The number of aromatic nitrogens is 2. The van der Waals surface area contributed by atoms with Crippen molar-refractivity contribution in [2.45, 2.75) is 38.6 Å². The highest BCUT2D eigenvalue weighted by Gasteiger charge is 2.18. The highest BCUT2D eigenvalue weighted by atomic mass is 16.1. The third-order valence-electron chi connectivity index (χ3n) is 2.69. The molecule has 0 bridgehead atoms. The van der Waals surface area contributed by atoms with Gasteiger partial charge in [0.15, 0.2) is 0 Å². The molecule has 1 saturated carbocycles. The number of aryl methyl sites for hydroxylation is 1. The van der Waals surface area contributed by atoms with Crippen molar-refractivity contribution < 1.29 is 4.79 Å². The summed E-state index contributed by atoms with van der Waals surface area (Å²) < 4.78 is 0. The van der Waals surface area contributed by atoms with Gasteiger partial charge >= 0.3 is 0 Å². The number of carbonyl (C=O) groups excluding carboxylic acids is 1. The minimum absolute atomic E-state index is 0.375. The van der Waals surface area contributed by atoms with Gasteiger partial charge in [-0.2, -0.15) is 5.10 Å². The Bertz CT molecular complexity index is 337. The van der Waals surface area contributed by atoms with Crippen LogP contribution in [0, 0.1) is 6.92 Å². The molecule has 0 aliphatic heterocycles. The number of anilines is 1. The summed E-state index contributed by atoms with van der Waals surface area (Å²) in [5.41, 5.74) is 0.916. The molecule has 1 fully saturated rings. The van der Waals surface area contributed by atoms with Gasteiger partial charge in [0, 0.05) is 18.9 Å². The minimum Gasteiger partial charge on any atom is -0.366 e. The molecule has 4 heteroatoms. The summed E-state index contributed by atoms with van der Waals surface area (Å²) in [5, 5.41) is 11.3. The van der Waals surface area contributed by atoms with Crippen molar-refractivity contribution in [3.63, 3.8) is 0 Å². The Hall–Kier alpha value is -1.45. The third kappa shape index (κ3) is 2.75. The van der Waals surface area contributed by atoms with E-state index in [9.17, 15) is 4.79 Å². The number of carbonyl (C=O) groups is 1. The smallest absolute Gasteiger partial charge is 0.148 e. The second kappa shape index (κ2) is 4.38. The van der Waals surface area contributed by atoms with E-state index in [1.807, 2.05) is 19.1 Å². The molecule has 0 aromatic carbocycles. The molecule has 1 N–H and O–H groups in total. The van der Waals surface area contributed by atoms with Crippen molar-refractivity contribution in [3.8, 4) is 0 Å². The SMILES string of the molecule is Cc1ccc(NC2CCC(=O)CC2)nn1. The fourth-order valence-electron chi connectivity index (χ4n) is 1.77. The molecule has 15 heavy (non-hydrogen) atoms. The van der Waals surface area contributed by atoms with Crippen molar-refractivity contribution >= 4 is 11.6 Å². The number of Topliss-reactive ketones (excluding diaryl/α,β-unsaturated/α-hetero) is 1. The van der Waals surface area contributed by atoms with E-state index < -0.39 is 0 Å². The molecule has 1 aliphatic carbocycles. The Balaban J connectivity index is 1.91. The number of hydrogen-bond acceptors (Lipinski definition) is 4. The predicted octanol–water partition coefficient (Wildman–Crippen LogP) is 1.71. The summed E-state index contributed by atoms with van der Waals surface area (Å²) in [7, 11) is 0. The Morgan fingerprint density at radius 2 is 2.00 bits per heavy atom. The highest BCUT2D eigenvalue weighted by Crippen LogP contribution is 2.18. The van der Waals surface area contributed by atoms with E-state index in [1.165, 1.54) is 0 Å². The number of nitrogens with one attached hydrogen (secondary N) is 1. The molecule has 80 valence electrons. The first kappa shape index (κ1) is 10.1. The first-order valence-corrected chi connectivity index (χ1v) is 5.32. The Morgan fingerprint density at radius 1 is 1.27 bits per heavy atom. The summed E-state index contributed by atoms with van der Waals surface area (Å²) in [4.78, 5) is 11.0. The molecular formula is C11H15N3O. The Morgan fingerprint density at radius 3 is 2.60 bits per heavy atom. The van der Waals surface area contributed by atoms with Crippen LogP contribution in [0.1, 0.15) is 31.4 Å². The van der Waals surface area contributed by atoms with E-state index in [2.05, 4.69) is 15.5 Å². The van der Waals surface area contributed by atoms with E-state index in [4.69, 9.17) is 0 Å². The maximum atomic E-state index is 11.0. The maximum absolute atomic E-state index is 11.0. The van der Waals surface area contributed by atoms with Crippen molar-refractivity contribution in [1.29, 1.82) is 0 Å². The van der Waals surface area contributed by atoms with Crippen LogP contribution in [-0.4, -0.2) is 22.0 Å². The minimum atomic E-state index is 0.375. The maximum Gasteiger partial charge on any atom is 0.148 e. The largest absolute Gasteiger partial charge is 0.366 e. The van der Waals surface area contributed by atoms with Crippen LogP contribution in [0.25, 0.3) is 0 Å². The van der Waals surface area contributed by atoms with Crippen LogP contribution < -0.4 is 5.32 Å². The molecule has 0 unspecified atom stereocenters. The molecule has 4 nitrogen and oxygen atoms in total. The molecule has 0 spiro atoms. The molecule has 1 aromatic rings. The summed E-state index contributed by atoms with van der Waals surface area (Å²) in [6, 6.07) is 4.24. The first-order valence-electron chi connectivity index (χ1n) is 5.32. The van der Waals surface area contributed by atoms with Gasteiger partial charge in [-0.3, -0.25) is 4.79 Å². The summed E-state index contributed by atoms with van der Waals surface area (Å²) in [6.07, 6.45) is 3.21. The van der Waals surface area contributed by atoms with Gasteiger partial charge in [0.1, 0.15) is 11.6 Å². The summed E-state index contributed by atoms with van der Waals surface area (Å²) >= 11 is 0. The zero-order valence-corrected chi connectivity index (χ0v) is 8.86. The van der Waals surface area contributed by atoms with E-state index in [1.54, 1.807) is 0 Å². The fourth-order valence-corrected chi connectivity index (χ4v) is 1.77. The van der Waals surface area contributed by atoms with Gasteiger partial charge in [-0.25, -0.2) is 0 Å². The van der Waals surface area contributed by atoms with Gasteiger partial charge in [0.2, 0.25) is 0 Å². The molecule has 1 aromatic heterocycles. The zero-order valence-electron chi connectivity index (χ0n) is 8.86. The number of rotatable bonds is 2. The second-order valence-corrected chi connectivity index (χ2v) is 4.02. The lowest BCUT2D eigenvalue weighted by Gasteiger charge is -2.22. The number of nitrogens with zero attached hydrogens (tertiary/aromatic N) is 2. The van der Waals surface area contributed by atoms with Gasteiger partial charge in [-0.05, 0) is 31.9 Å². The van der Waals surface area contributed by atoms with Crippen LogP contribution >= 0.6 is 0 Å². The average Bonchev–Trinajstić information content (AvgIpc) is 2.25. The highest BCUT2D eigenvalue weighted by molar-refractivity contribution is 5.79. The van der Waals surface area contributed by atoms with Crippen LogP contribution in [0.3, 0.4) is 0 Å².